The molecule has 1 unspecified atom stereocenters. The van der Waals surface area contributed by atoms with Crippen LogP contribution in [0.25, 0.3) is 0 Å². The molecule has 0 aromatic rings. The Morgan fingerprint density at radius 2 is 1.95 bits per heavy atom. The molecule has 1 N–H and O–H groups in total. The molecule has 0 radical (unpaired) electrons. The van der Waals surface area contributed by atoms with Crippen LogP contribution in [0.2, 0.25) is 0 Å². The molecule has 2 aliphatic rings. The average molecular weight is 281 g/mol. The van der Waals surface area contributed by atoms with E-state index in [0.29, 0.717) is 31.5 Å². The van der Waals surface area contributed by atoms with Crippen molar-refractivity contribution in [3.8, 4) is 0 Å². The Morgan fingerprint density at radius 3 is 2.50 bits per heavy atom. The Labute approximate surface area is 121 Å². The third kappa shape index (κ3) is 4.03. The smallest absolute Gasteiger partial charge is 0.229 e. The van der Waals surface area contributed by atoms with Gasteiger partial charge in [0, 0.05) is 44.6 Å². The quantitative estimate of drug-likeness (QED) is 0.738. The summed E-state index contributed by atoms with van der Waals surface area (Å²) in [6.45, 7) is 7.80. The van der Waals surface area contributed by atoms with Gasteiger partial charge in [0.1, 0.15) is 0 Å². The summed E-state index contributed by atoms with van der Waals surface area (Å²) in [5.74, 6) is -0.0102. The zero-order chi connectivity index (χ0) is 14.5. The van der Waals surface area contributed by atoms with Crippen LogP contribution in [0.3, 0.4) is 0 Å². The first-order valence-corrected chi connectivity index (χ1v) is 7.88. The van der Waals surface area contributed by atoms with Gasteiger partial charge in [-0.3, -0.25) is 19.4 Å². The maximum atomic E-state index is 11.6. The summed E-state index contributed by atoms with van der Waals surface area (Å²) in [4.78, 5) is 27.1. The van der Waals surface area contributed by atoms with E-state index in [1.807, 2.05) is 0 Å². The minimum atomic E-state index is -0.00509. The van der Waals surface area contributed by atoms with Gasteiger partial charge in [-0.1, -0.05) is 6.42 Å². The highest BCUT2D eigenvalue weighted by molar-refractivity contribution is 6.01. The second kappa shape index (κ2) is 7.18. The van der Waals surface area contributed by atoms with E-state index in [2.05, 4.69) is 24.1 Å². The lowest BCUT2D eigenvalue weighted by Gasteiger charge is -2.33. The van der Waals surface area contributed by atoms with Gasteiger partial charge in [-0.05, 0) is 33.2 Å². The molecule has 114 valence electrons. The van der Waals surface area contributed by atoms with Gasteiger partial charge in [0.25, 0.3) is 0 Å². The highest BCUT2D eigenvalue weighted by Gasteiger charge is 2.29. The zero-order valence-corrected chi connectivity index (χ0v) is 12.7. The predicted molar refractivity (Wildman–Crippen MR) is 78.3 cm³/mol. The van der Waals surface area contributed by atoms with E-state index in [-0.39, 0.29) is 11.8 Å². The number of nitrogens with one attached hydrogen (secondary N) is 1. The zero-order valence-electron chi connectivity index (χ0n) is 12.7. The molecule has 0 aromatic heterocycles. The molecule has 2 fully saturated rings. The summed E-state index contributed by atoms with van der Waals surface area (Å²) < 4.78 is 0. The fraction of sp³-hybridized carbons (Fsp3) is 0.867. The summed E-state index contributed by atoms with van der Waals surface area (Å²) in [7, 11) is 0. The van der Waals surface area contributed by atoms with Crippen molar-refractivity contribution < 1.29 is 9.59 Å². The molecule has 1 atom stereocenters. The van der Waals surface area contributed by atoms with Crippen molar-refractivity contribution in [3.05, 3.63) is 0 Å². The van der Waals surface area contributed by atoms with Crippen molar-refractivity contribution >= 4 is 11.8 Å². The van der Waals surface area contributed by atoms with Gasteiger partial charge in [-0.25, -0.2) is 0 Å². The monoisotopic (exact) mass is 281 g/mol. The summed E-state index contributed by atoms with van der Waals surface area (Å²) in [6, 6.07) is 0.989. The van der Waals surface area contributed by atoms with Crippen LogP contribution in [-0.2, 0) is 9.59 Å². The van der Waals surface area contributed by atoms with E-state index >= 15 is 0 Å². The van der Waals surface area contributed by atoms with E-state index in [9.17, 15) is 9.59 Å². The molecule has 2 aliphatic heterocycles. The van der Waals surface area contributed by atoms with Crippen LogP contribution in [0.1, 0.15) is 46.0 Å². The molecule has 0 saturated carbocycles. The number of hydrogen-bond donors (Lipinski definition) is 1. The third-order valence-electron chi connectivity index (χ3n) is 4.36. The van der Waals surface area contributed by atoms with Crippen LogP contribution in [0.15, 0.2) is 0 Å². The summed E-state index contributed by atoms with van der Waals surface area (Å²) in [5, 5.41) is 3.56. The Kier molecular flexibility index (Phi) is 5.54. The molecule has 0 spiro atoms. The van der Waals surface area contributed by atoms with Crippen molar-refractivity contribution in [2.75, 3.05) is 26.2 Å². The molecule has 5 nitrogen and oxygen atoms in total. The first-order chi connectivity index (χ1) is 9.58. The topological polar surface area (TPSA) is 52.7 Å². The number of imide groups is 1. The number of nitrogens with zero attached hydrogens (tertiary/aromatic N) is 2. The van der Waals surface area contributed by atoms with E-state index < -0.39 is 0 Å². The summed E-state index contributed by atoms with van der Waals surface area (Å²) in [5.41, 5.74) is 0. The first-order valence-electron chi connectivity index (χ1n) is 7.88. The van der Waals surface area contributed by atoms with Gasteiger partial charge in [0.2, 0.25) is 11.8 Å². The molecule has 2 amide bonds. The van der Waals surface area contributed by atoms with Gasteiger partial charge in [0.15, 0.2) is 0 Å². The highest BCUT2D eigenvalue weighted by atomic mass is 16.2. The van der Waals surface area contributed by atoms with Gasteiger partial charge in [-0.2, -0.15) is 0 Å². The molecule has 2 heterocycles. The Balaban J connectivity index is 1.82. The molecular formula is C15H27N3O2. The number of likely N-dealkylation sites (tertiary alicyclic amines) is 1. The molecule has 5 heteroatoms. The highest BCUT2D eigenvalue weighted by Crippen LogP contribution is 2.13. The van der Waals surface area contributed by atoms with Crippen LogP contribution in [0.4, 0.5) is 0 Å². The van der Waals surface area contributed by atoms with E-state index in [1.165, 1.54) is 24.2 Å². The number of rotatable bonds is 6. The predicted octanol–water partition coefficient (Wildman–Crippen LogP) is 0.988. The lowest BCUT2D eigenvalue weighted by molar-refractivity contribution is -0.138. The van der Waals surface area contributed by atoms with Crippen LogP contribution >= 0.6 is 0 Å². The molecule has 0 bridgehead atoms. The van der Waals surface area contributed by atoms with Gasteiger partial charge < -0.3 is 5.32 Å². The Hall–Kier alpha value is -0.940. The second-order valence-electron chi connectivity index (χ2n) is 6.17. The lowest BCUT2D eigenvalue weighted by Crippen LogP contribution is -2.48. The average Bonchev–Trinajstić information content (AvgIpc) is 2.75. The van der Waals surface area contributed by atoms with Crippen molar-refractivity contribution in [2.24, 2.45) is 0 Å². The van der Waals surface area contributed by atoms with Crippen molar-refractivity contribution in [3.63, 3.8) is 0 Å². The third-order valence-corrected chi connectivity index (χ3v) is 4.36. The lowest BCUT2D eigenvalue weighted by atomic mass is 10.0. The van der Waals surface area contributed by atoms with Crippen molar-refractivity contribution in [1.82, 2.24) is 15.1 Å². The molecule has 2 rings (SSSR count). The standard InChI is InChI=1S/C15H27N3O2/c1-12(2)17(11-13-5-3-4-8-16-13)9-10-18-14(19)6-7-15(18)20/h12-13,16H,3-11H2,1-2H3. The fourth-order valence-electron chi connectivity index (χ4n) is 3.02. The van der Waals surface area contributed by atoms with E-state index in [0.717, 1.165) is 19.6 Å². The normalized spacial score (nSPS) is 24.2. The number of carbonyl (C=O) groups excluding carboxylic acids is 2. The second-order valence-corrected chi connectivity index (χ2v) is 6.17. The summed E-state index contributed by atoms with van der Waals surface area (Å²) in [6.07, 6.45) is 4.59. The number of piperidine rings is 1. The number of amides is 2. The van der Waals surface area contributed by atoms with Crippen LogP contribution in [-0.4, -0.2) is 59.9 Å². The minimum Gasteiger partial charge on any atom is -0.313 e. The molecule has 0 aromatic carbocycles. The fourth-order valence-corrected chi connectivity index (χ4v) is 3.02. The maximum Gasteiger partial charge on any atom is 0.229 e. The SMILES string of the molecule is CC(C)N(CCN1C(=O)CCC1=O)CC1CCCCN1. The molecule has 2 saturated heterocycles. The van der Waals surface area contributed by atoms with Gasteiger partial charge >= 0.3 is 0 Å². The molecule has 0 aliphatic carbocycles. The maximum absolute atomic E-state index is 11.6. The Morgan fingerprint density at radius 1 is 1.25 bits per heavy atom. The van der Waals surface area contributed by atoms with Crippen LogP contribution in [0, 0.1) is 0 Å². The van der Waals surface area contributed by atoms with E-state index in [4.69, 9.17) is 0 Å². The minimum absolute atomic E-state index is 0.00509. The van der Waals surface area contributed by atoms with Crippen molar-refractivity contribution in [1.29, 1.82) is 0 Å². The molecular weight excluding hydrogens is 254 g/mol. The molecule has 20 heavy (non-hydrogen) atoms. The van der Waals surface area contributed by atoms with Gasteiger partial charge in [0.05, 0.1) is 0 Å². The van der Waals surface area contributed by atoms with Crippen molar-refractivity contribution in [2.45, 2.75) is 58.0 Å². The summed E-state index contributed by atoms with van der Waals surface area (Å²) >= 11 is 0. The first kappa shape index (κ1) is 15.4. The Bertz CT molecular complexity index is 335. The number of carbonyl (C=O) groups is 2. The van der Waals surface area contributed by atoms with Crippen LogP contribution in [0.5, 0.6) is 0 Å². The van der Waals surface area contributed by atoms with Gasteiger partial charge in [-0.15, -0.1) is 0 Å². The number of hydrogen-bond acceptors (Lipinski definition) is 4. The van der Waals surface area contributed by atoms with E-state index in [1.54, 1.807) is 0 Å². The van der Waals surface area contributed by atoms with Crippen LogP contribution < -0.4 is 5.32 Å². The largest absolute Gasteiger partial charge is 0.313 e.